The lowest BCUT2D eigenvalue weighted by atomic mass is 10.2. The number of nitrogens with one attached hydrogen (secondary N) is 3. The molecule has 25 heavy (non-hydrogen) atoms. The molecule has 0 atom stereocenters. The molecule has 0 spiro atoms. The number of hydrogen-bond donors (Lipinski definition) is 3. The van der Waals surface area contributed by atoms with Crippen molar-refractivity contribution in [2.24, 2.45) is 0 Å². The van der Waals surface area contributed by atoms with E-state index in [1.807, 2.05) is 13.8 Å². The van der Waals surface area contributed by atoms with Crippen LogP contribution < -0.4 is 16.0 Å². The Hall–Kier alpha value is -2.97. The highest BCUT2D eigenvalue weighted by Gasteiger charge is 2.10. The summed E-state index contributed by atoms with van der Waals surface area (Å²) >= 11 is 0. The molecular formula is C16H20FN5O3. The van der Waals surface area contributed by atoms with Gasteiger partial charge in [-0.1, -0.05) is 19.0 Å². The molecule has 2 rings (SSSR count). The molecule has 3 N–H and O–H groups in total. The Morgan fingerprint density at radius 1 is 1.20 bits per heavy atom. The van der Waals surface area contributed by atoms with Crippen molar-refractivity contribution in [3.63, 3.8) is 0 Å². The Bertz CT molecular complexity index is 715. The minimum absolute atomic E-state index is 0.174. The van der Waals surface area contributed by atoms with E-state index in [0.29, 0.717) is 30.4 Å². The summed E-state index contributed by atoms with van der Waals surface area (Å²) in [4.78, 5) is 27.5. The van der Waals surface area contributed by atoms with Crippen LogP contribution in [0.4, 0.5) is 14.9 Å². The molecule has 0 aliphatic rings. The van der Waals surface area contributed by atoms with Gasteiger partial charge in [-0.05, 0) is 24.3 Å². The van der Waals surface area contributed by atoms with Gasteiger partial charge in [-0.3, -0.25) is 4.79 Å². The topological polar surface area (TPSA) is 109 Å². The van der Waals surface area contributed by atoms with Gasteiger partial charge < -0.3 is 20.5 Å². The number of hydrogen-bond acceptors (Lipinski definition) is 5. The Morgan fingerprint density at radius 3 is 2.56 bits per heavy atom. The fourth-order valence-corrected chi connectivity index (χ4v) is 1.85. The van der Waals surface area contributed by atoms with Crippen LogP contribution in [0.2, 0.25) is 0 Å². The normalized spacial score (nSPS) is 10.6. The lowest BCUT2D eigenvalue weighted by Gasteiger charge is -2.07. The summed E-state index contributed by atoms with van der Waals surface area (Å²) in [7, 11) is 0. The molecule has 134 valence electrons. The number of carbonyl (C=O) groups is 2. The van der Waals surface area contributed by atoms with Crippen LogP contribution in [0.1, 0.15) is 31.5 Å². The molecule has 3 amide bonds. The maximum absolute atomic E-state index is 12.8. The van der Waals surface area contributed by atoms with E-state index in [9.17, 15) is 14.0 Å². The maximum atomic E-state index is 12.8. The average molecular weight is 349 g/mol. The molecule has 0 fully saturated rings. The minimum Gasteiger partial charge on any atom is -0.339 e. The second kappa shape index (κ2) is 8.76. The highest BCUT2D eigenvalue weighted by Crippen LogP contribution is 2.09. The third kappa shape index (κ3) is 6.21. The second-order valence-electron chi connectivity index (χ2n) is 5.62. The number of halogens is 1. The fraction of sp³-hybridized carbons (Fsp3) is 0.375. The zero-order valence-electron chi connectivity index (χ0n) is 14.0. The lowest BCUT2D eigenvalue weighted by molar-refractivity contribution is -0.115. The standard InChI is InChI=1S/C16H20FN5O3/c1-10(2)15-21-14(25-22-15)7-8-18-16(24)19-9-13(23)20-12-5-3-11(17)4-6-12/h3-6,10H,7-9H2,1-2H3,(H,20,23)(H2,18,19,24). The molecule has 0 unspecified atom stereocenters. The zero-order chi connectivity index (χ0) is 18.2. The van der Waals surface area contributed by atoms with Gasteiger partial charge in [0.25, 0.3) is 0 Å². The number of aromatic nitrogens is 2. The maximum Gasteiger partial charge on any atom is 0.315 e. The molecule has 0 saturated heterocycles. The van der Waals surface area contributed by atoms with Crippen LogP contribution in [-0.4, -0.2) is 35.2 Å². The Balaban J connectivity index is 1.64. The first kappa shape index (κ1) is 18.4. The number of nitrogens with zero attached hydrogens (tertiary/aromatic N) is 2. The summed E-state index contributed by atoms with van der Waals surface area (Å²) in [5.41, 5.74) is 0.450. The third-order valence-electron chi connectivity index (χ3n) is 3.16. The Kier molecular flexibility index (Phi) is 6.44. The average Bonchev–Trinajstić information content (AvgIpc) is 3.04. The van der Waals surface area contributed by atoms with Gasteiger partial charge in [0.2, 0.25) is 11.8 Å². The fourth-order valence-electron chi connectivity index (χ4n) is 1.85. The lowest BCUT2D eigenvalue weighted by Crippen LogP contribution is -2.40. The highest BCUT2D eigenvalue weighted by atomic mass is 19.1. The summed E-state index contributed by atoms with van der Waals surface area (Å²) < 4.78 is 17.8. The van der Waals surface area contributed by atoms with Gasteiger partial charge >= 0.3 is 6.03 Å². The van der Waals surface area contributed by atoms with Crippen LogP contribution >= 0.6 is 0 Å². The van der Waals surface area contributed by atoms with E-state index in [1.54, 1.807) is 0 Å². The zero-order valence-corrected chi connectivity index (χ0v) is 14.0. The predicted molar refractivity (Wildman–Crippen MR) is 88.5 cm³/mol. The van der Waals surface area contributed by atoms with Gasteiger partial charge in [-0.15, -0.1) is 0 Å². The van der Waals surface area contributed by atoms with Crippen molar-refractivity contribution in [1.82, 2.24) is 20.8 Å². The quantitative estimate of drug-likeness (QED) is 0.706. The minimum atomic E-state index is -0.488. The molecule has 0 aliphatic heterocycles. The summed E-state index contributed by atoms with van der Waals surface area (Å²) in [5.74, 6) is 0.431. The number of carbonyl (C=O) groups excluding carboxylic acids is 2. The second-order valence-corrected chi connectivity index (χ2v) is 5.62. The van der Waals surface area contributed by atoms with Crippen molar-refractivity contribution in [3.05, 3.63) is 41.8 Å². The first-order valence-electron chi connectivity index (χ1n) is 7.83. The van der Waals surface area contributed by atoms with Gasteiger partial charge in [0.1, 0.15) is 5.82 Å². The third-order valence-corrected chi connectivity index (χ3v) is 3.16. The van der Waals surface area contributed by atoms with Crippen molar-refractivity contribution in [2.45, 2.75) is 26.2 Å². The molecule has 8 nitrogen and oxygen atoms in total. The van der Waals surface area contributed by atoms with Crippen molar-refractivity contribution in [2.75, 3.05) is 18.4 Å². The van der Waals surface area contributed by atoms with Crippen LogP contribution in [-0.2, 0) is 11.2 Å². The first-order chi connectivity index (χ1) is 11.9. The van der Waals surface area contributed by atoms with E-state index in [-0.39, 0.29) is 12.5 Å². The van der Waals surface area contributed by atoms with E-state index in [0.717, 1.165) is 0 Å². The van der Waals surface area contributed by atoms with Crippen molar-refractivity contribution >= 4 is 17.6 Å². The molecule has 0 saturated carbocycles. The van der Waals surface area contributed by atoms with Crippen molar-refractivity contribution in [3.8, 4) is 0 Å². The molecule has 1 aromatic heterocycles. The Morgan fingerprint density at radius 2 is 1.92 bits per heavy atom. The number of anilines is 1. The summed E-state index contributed by atoms with van der Waals surface area (Å²) in [5, 5.41) is 11.4. The SMILES string of the molecule is CC(C)c1noc(CCNC(=O)NCC(=O)Nc2ccc(F)cc2)n1. The molecule has 0 aliphatic carbocycles. The van der Waals surface area contributed by atoms with E-state index in [2.05, 4.69) is 26.1 Å². The van der Waals surface area contributed by atoms with Crippen molar-refractivity contribution in [1.29, 1.82) is 0 Å². The van der Waals surface area contributed by atoms with Crippen LogP contribution in [0, 0.1) is 5.82 Å². The number of amides is 3. The first-order valence-corrected chi connectivity index (χ1v) is 7.83. The number of urea groups is 1. The smallest absolute Gasteiger partial charge is 0.315 e. The molecule has 1 aromatic carbocycles. The largest absolute Gasteiger partial charge is 0.339 e. The monoisotopic (exact) mass is 349 g/mol. The highest BCUT2D eigenvalue weighted by molar-refractivity contribution is 5.94. The number of benzene rings is 1. The van der Waals surface area contributed by atoms with E-state index < -0.39 is 17.8 Å². The van der Waals surface area contributed by atoms with E-state index >= 15 is 0 Å². The van der Waals surface area contributed by atoms with E-state index in [1.165, 1.54) is 24.3 Å². The molecule has 0 bridgehead atoms. The van der Waals surface area contributed by atoms with Crippen molar-refractivity contribution < 1.29 is 18.5 Å². The molecule has 2 aromatic rings. The molecule has 1 heterocycles. The van der Waals surface area contributed by atoms with Gasteiger partial charge in [0.15, 0.2) is 5.82 Å². The van der Waals surface area contributed by atoms with Gasteiger partial charge in [0.05, 0.1) is 6.54 Å². The van der Waals surface area contributed by atoms with Crippen LogP contribution in [0.15, 0.2) is 28.8 Å². The summed E-state index contributed by atoms with van der Waals surface area (Å²) in [6.45, 7) is 4.00. The molecular weight excluding hydrogens is 329 g/mol. The summed E-state index contributed by atoms with van der Waals surface area (Å²) in [6.07, 6.45) is 0.398. The van der Waals surface area contributed by atoms with Gasteiger partial charge in [0, 0.05) is 24.6 Å². The predicted octanol–water partition coefficient (Wildman–Crippen LogP) is 1.81. The number of rotatable bonds is 7. The molecule has 0 radical (unpaired) electrons. The Labute approximate surface area is 144 Å². The van der Waals surface area contributed by atoms with Crippen LogP contribution in [0.25, 0.3) is 0 Å². The van der Waals surface area contributed by atoms with E-state index in [4.69, 9.17) is 4.52 Å². The molecule has 9 heteroatoms. The summed E-state index contributed by atoms with van der Waals surface area (Å²) in [6, 6.07) is 4.85. The van der Waals surface area contributed by atoms with Gasteiger partial charge in [-0.2, -0.15) is 4.98 Å². The van der Waals surface area contributed by atoms with Crippen LogP contribution in [0.3, 0.4) is 0 Å². The van der Waals surface area contributed by atoms with Gasteiger partial charge in [-0.25, -0.2) is 9.18 Å². The van der Waals surface area contributed by atoms with Crippen LogP contribution in [0.5, 0.6) is 0 Å².